The average Bonchev–Trinajstić information content (AvgIpc) is 2.35. The minimum absolute atomic E-state index is 0.256. The first-order valence-electron chi connectivity index (χ1n) is 5.68. The fraction of sp³-hybridized carbons (Fsp3) is 1.00. The lowest BCUT2D eigenvalue weighted by Gasteiger charge is -2.41. The van der Waals surface area contributed by atoms with Crippen LogP contribution in [0.2, 0.25) is 0 Å². The van der Waals surface area contributed by atoms with E-state index >= 15 is 0 Å². The summed E-state index contributed by atoms with van der Waals surface area (Å²) < 4.78 is 0. The molecule has 0 aromatic heterocycles. The van der Waals surface area contributed by atoms with Gasteiger partial charge >= 0.3 is 0 Å². The molecular weight excluding hydrogens is 230 g/mol. The Labute approximate surface area is 99.3 Å². The first-order valence-corrected chi connectivity index (χ1v) is 5.68. The topological polar surface area (TPSA) is 133 Å². The van der Waals surface area contributed by atoms with Crippen LogP contribution in [0.25, 0.3) is 0 Å². The summed E-state index contributed by atoms with van der Waals surface area (Å²) in [4.78, 5) is 0. The molecule has 1 rings (SSSR count). The second kappa shape index (κ2) is 6.60. The molecule has 102 valence electrons. The second-order valence-corrected chi connectivity index (χ2v) is 4.49. The van der Waals surface area contributed by atoms with Crippen LogP contribution in [0.3, 0.4) is 0 Å². The van der Waals surface area contributed by atoms with Crippen LogP contribution in [-0.2, 0) is 0 Å². The van der Waals surface area contributed by atoms with E-state index < -0.39 is 36.3 Å². The Morgan fingerprint density at radius 3 is 2.00 bits per heavy atom. The van der Waals surface area contributed by atoms with E-state index in [0.29, 0.717) is 0 Å². The molecule has 0 amide bonds. The number of aliphatic hydroxyl groups excluding tert-OH is 6. The largest absolute Gasteiger partial charge is 0.396 e. The van der Waals surface area contributed by atoms with Gasteiger partial charge in [-0.05, 0) is 6.42 Å². The lowest BCUT2D eigenvalue weighted by molar-refractivity contribution is -0.132. The molecule has 5 unspecified atom stereocenters. The minimum atomic E-state index is -1.35. The lowest BCUT2D eigenvalue weighted by atomic mass is 9.79. The maximum Gasteiger partial charge on any atom is 0.108 e. The summed E-state index contributed by atoms with van der Waals surface area (Å²) in [6.45, 7) is -0.906. The SMILES string of the molecule is OCC(CO)NC1CC(CO)C(O)C(O)C1O. The van der Waals surface area contributed by atoms with Crippen LogP contribution in [0.5, 0.6) is 0 Å². The molecule has 1 fully saturated rings. The smallest absolute Gasteiger partial charge is 0.108 e. The van der Waals surface area contributed by atoms with Crippen molar-refractivity contribution in [2.75, 3.05) is 19.8 Å². The van der Waals surface area contributed by atoms with Gasteiger partial charge < -0.3 is 36.0 Å². The highest BCUT2D eigenvalue weighted by molar-refractivity contribution is 4.96. The Balaban J connectivity index is 2.65. The summed E-state index contributed by atoms with van der Waals surface area (Å²) in [5, 5.41) is 58.6. The third-order valence-electron chi connectivity index (χ3n) is 3.28. The molecule has 0 spiro atoms. The molecule has 5 atom stereocenters. The maximum atomic E-state index is 9.74. The van der Waals surface area contributed by atoms with Crippen molar-refractivity contribution in [3.63, 3.8) is 0 Å². The summed E-state index contributed by atoms with van der Waals surface area (Å²) >= 11 is 0. The van der Waals surface area contributed by atoms with Gasteiger partial charge in [-0.2, -0.15) is 0 Å². The zero-order valence-electron chi connectivity index (χ0n) is 9.48. The third-order valence-corrected chi connectivity index (χ3v) is 3.28. The Hall–Kier alpha value is -0.280. The molecule has 0 aliphatic heterocycles. The van der Waals surface area contributed by atoms with Gasteiger partial charge in [0.15, 0.2) is 0 Å². The molecule has 7 heteroatoms. The second-order valence-electron chi connectivity index (χ2n) is 4.49. The van der Waals surface area contributed by atoms with Gasteiger partial charge in [0.2, 0.25) is 0 Å². The van der Waals surface area contributed by atoms with Gasteiger partial charge in [0.25, 0.3) is 0 Å². The van der Waals surface area contributed by atoms with Crippen molar-refractivity contribution < 1.29 is 30.6 Å². The Morgan fingerprint density at radius 1 is 0.941 bits per heavy atom. The zero-order valence-corrected chi connectivity index (χ0v) is 9.48. The molecule has 7 nitrogen and oxygen atoms in total. The number of aliphatic hydroxyl groups is 6. The van der Waals surface area contributed by atoms with Crippen molar-refractivity contribution in [2.45, 2.75) is 36.8 Å². The van der Waals surface area contributed by atoms with Crippen LogP contribution < -0.4 is 5.32 Å². The van der Waals surface area contributed by atoms with E-state index in [0.717, 1.165) is 0 Å². The molecule has 1 aliphatic rings. The third kappa shape index (κ3) is 3.35. The fourth-order valence-electron chi connectivity index (χ4n) is 2.14. The molecule has 1 aliphatic carbocycles. The number of hydrogen-bond donors (Lipinski definition) is 7. The lowest BCUT2D eigenvalue weighted by Crippen LogP contribution is -2.61. The summed E-state index contributed by atoms with van der Waals surface area (Å²) in [5.74, 6) is -0.538. The van der Waals surface area contributed by atoms with E-state index in [2.05, 4.69) is 5.32 Å². The normalized spacial score (nSPS) is 38.6. The molecule has 17 heavy (non-hydrogen) atoms. The summed E-state index contributed by atoms with van der Waals surface area (Å²) in [6.07, 6.45) is -3.47. The average molecular weight is 251 g/mol. The van der Waals surface area contributed by atoms with Gasteiger partial charge in [0.05, 0.1) is 31.5 Å². The van der Waals surface area contributed by atoms with E-state index in [1.54, 1.807) is 0 Å². The molecule has 0 bridgehead atoms. The predicted octanol–water partition coefficient (Wildman–Crippen LogP) is -3.61. The van der Waals surface area contributed by atoms with Gasteiger partial charge in [0.1, 0.15) is 6.10 Å². The molecule has 0 aromatic rings. The van der Waals surface area contributed by atoms with Gasteiger partial charge in [-0.1, -0.05) is 0 Å². The Morgan fingerprint density at radius 2 is 1.53 bits per heavy atom. The highest BCUT2D eigenvalue weighted by atomic mass is 16.4. The summed E-state index contributed by atoms with van der Waals surface area (Å²) in [7, 11) is 0. The zero-order chi connectivity index (χ0) is 13.0. The fourth-order valence-corrected chi connectivity index (χ4v) is 2.14. The first-order chi connectivity index (χ1) is 8.04. The van der Waals surface area contributed by atoms with Crippen molar-refractivity contribution in [3.8, 4) is 0 Å². The van der Waals surface area contributed by atoms with Gasteiger partial charge in [0, 0.05) is 18.6 Å². The van der Waals surface area contributed by atoms with Crippen LogP contribution in [0.15, 0.2) is 0 Å². The highest BCUT2D eigenvalue weighted by Gasteiger charge is 2.42. The van der Waals surface area contributed by atoms with Crippen molar-refractivity contribution in [3.05, 3.63) is 0 Å². The molecule has 0 saturated heterocycles. The highest BCUT2D eigenvalue weighted by Crippen LogP contribution is 2.25. The van der Waals surface area contributed by atoms with Gasteiger partial charge in [-0.3, -0.25) is 0 Å². The van der Waals surface area contributed by atoms with E-state index in [1.165, 1.54) is 0 Å². The van der Waals surface area contributed by atoms with Crippen molar-refractivity contribution in [1.29, 1.82) is 0 Å². The first kappa shape index (κ1) is 14.8. The van der Waals surface area contributed by atoms with Crippen LogP contribution in [0.4, 0.5) is 0 Å². The van der Waals surface area contributed by atoms with Crippen LogP contribution in [0.1, 0.15) is 6.42 Å². The molecule has 7 N–H and O–H groups in total. The van der Waals surface area contributed by atoms with E-state index in [-0.39, 0.29) is 26.2 Å². The molecule has 0 heterocycles. The molecular formula is C10H21NO6. The molecule has 0 radical (unpaired) electrons. The van der Waals surface area contributed by atoms with Crippen molar-refractivity contribution in [1.82, 2.24) is 5.32 Å². The van der Waals surface area contributed by atoms with Crippen LogP contribution in [0, 0.1) is 5.92 Å². The van der Waals surface area contributed by atoms with E-state index in [1.807, 2.05) is 0 Å². The molecule has 0 aromatic carbocycles. The van der Waals surface area contributed by atoms with Crippen molar-refractivity contribution >= 4 is 0 Å². The molecule has 1 saturated carbocycles. The minimum Gasteiger partial charge on any atom is -0.396 e. The van der Waals surface area contributed by atoms with E-state index in [9.17, 15) is 15.3 Å². The van der Waals surface area contributed by atoms with Crippen molar-refractivity contribution in [2.24, 2.45) is 5.92 Å². The summed E-state index contributed by atoms with van der Waals surface area (Å²) in [6, 6.07) is -1.19. The van der Waals surface area contributed by atoms with E-state index in [4.69, 9.17) is 15.3 Å². The van der Waals surface area contributed by atoms with Gasteiger partial charge in [-0.15, -0.1) is 0 Å². The van der Waals surface area contributed by atoms with Crippen LogP contribution >= 0.6 is 0 Å². The quantitative estimate of drug-likeness (QED) is 0.268. The monoisotopic (exact) mass is 251 g/mol. The maximum absolute atomic E-state index is 9.74. The standard InChI is InChI=1S/C10H21NO6/c12-2-5-1-7(11-6(3-13)4-14)9(16)10(17)8(5)15/h5-17H,1-4H2. The Kier molecular flexibility index (Phi) is 5.74. The van der Waals surface area contributed by atoms with Gasteiger partial charge in [-0.25, -0.2) is 0 Å². The van der Waals surface area contributed by atoms with Crippen LogP contribution in [-0.4, -0.2) is 80.9 Å². The predicted molar refractivity (Wildman–Crippen MR) is 58.1 cm³/mol. The number of hydrogen-bond acceptors (Lipinski definition) is 7. The number of rotatable bonds is 5. The number of nitrogens with one attached hydrogen (secondary N) is 1. The Bertz CT molecular complexity index is 221. The summed E-state index contributed by atoms with van der Waals surface area (Å²) in [5.41, 5.74) is 0.